The van der Waals surface area contributed by atoms with E-state index in [0.29, 0.717) is 13.2 Å². The van der Waals surface area contributed by atoms with Gasteiger partial charge in [-0.1, -0.05) is 54.0 Å². The van der Waals surface area contributed by atoms with Crippen LogP contribution in [0.15, 0.2) is 53.0 Å². The Morgan fingerprint density at radius 1 is 1.19 bits per heavy atom. The Morgan fingerprint density at radius 3 is 2.54 bits per heavy atom. The van der Waals surface area contributed by atoms with Crippen LogP contribution in [0.25, 0.3) is 0 Å². The molecule has 1 amide bonds. The zero-order valence-electron chi connectivity index (χ0n) is 15.7. The summed E-state index contributed by atoms with van der Waals surface area (Å²) in [6.45, 7) is 6.89. The maximum absolute atomic E-state index is 12.4. The van der Waals surface area contributed by atoms with E-state index in [4.69, 9.17) is 9.47 Å². The van der Waals surface area contributed by atoms with E-state index < -0.39 is 6.10 Å². The van der Waals surface area contributed by atoms with Gasteiger partial charge in [0, 0.05) is 16.4 Å². The lowest BCUT2D eigenvalue weighted by Crippen LogP contribution is -2.41. The van der Waals surface area contributed by atoms with Crippen LogP contribution < -0.4 is 10.1 Å². The molecule has 2 aromatic carbocycles. The van der Waals surface area contributed by atoms with Crippen LogP contribution in [-0.2, 0) is 21.6 Å². The highest BCUT2D eigenvalue weighted by Crippen LogP contribution is 2.24. The van der Waals surface area contributed by atoms with Gasteiger partial charge in [0.25, 0.3) is 0 Å². The van der Waals surface area contributed by atoms with Crippen molar-refractivity contribution in [2.75, 3.05) is 13.7 Å². The molecule has 0 radical (unpaired) electrons. The molecule has 0 bridgehead atoms. The zero-order valence-corrected chi connectivity index (χ0v) is 17.3. The minimum Gasteiger partial charge on any atom is -0.497 e. The van der Waals surface area contributed by atoms with Crippen molar-refractivity contribution in [1.29, 1.82) is 0 Å². The number of nitrogens with one attached hydrogen (secondary N) is 1. The first-order valence-corrected chi connectivity index (χ1v) is 9.39. The number of ether oxygens (including phenoxy) is 2. The molecule has 1 N–H and O–H groups in total. The molecule has 0 fully saturated rings. The van der Waals surface area contributed by atoms with Gasteiger partial charge in [0.1, 0.15) is 11.9 Å². The highest BCUT2D eigenvalue weighted by Gasteiger charge is 2.23. The SMILES string of the molecule is COc1cccc(COC(C)C(=O)NCC(C)(C)c2ccc(Br)cc2)c1. The minimum atomic E-state index is -0.526. The second-order valence-electron chi connectivity index (χ2n) is 6.91. The van der Waals surface area contributed by atoms with Crippen LogP contribution in [0.4, 0.5) is 0 Å². The van der Waals surface area contributed by atoms with Crippen LogP contribution in [0.2, 0.25) is 0 Å². The lowest BCUT2D eigenvalue weighted by molar-refractivity contribution is -0.132. The number of benzene rings is 2. The number of hydrogen-bond donors (Lipinski definition) is 1. The Labute approximate surface area is 164 Å². The summed E-state index contributed by atoms with van der Waals surface area (Å²) in [5.74, 6) is 0.664. The average Bonchev–Trinajstić information content (AvgIpc) is 2.64. The summed E-state index contributed by atoms with van der Waals surface area (Å²) in [6.07, 6.45) is -0.526. The van der Waals surface area contributed by atoms with Crippen LogP contribution in [0.3, 0.4) is 0 Å². The van der Waals surface area contributed by atoms with Crippen molar-refractivity contribution in [3.05, 3.63) is 64.1 Å². The van der Waals surface area contributed by atoms with Crippen molar-refractivity contribution >= 4 is 21.8 Å². The fraction of sp³-hybridized carbons (Fsp3) is 0.381. The van der Waals surface area contributed by atoms with E-state index in [-0.39, 0.29) is 11.3 Å². The molecule has 4 nitrogen and oxygen atoms in total. The van der Waals surface area contributed by atoms with Gasteiger partial charge >= 0.3 is 0 Å². The minimum absolute atomic E-state index is 0.113. The van der Waals surface area contributed by atoms with Gasteiger partial charge in [-0.25, -0.2) is 0 Å². The summed E-state index contributed by atoms with van der Waals surface area (Å²) in [5.41, 5.74) is 1.98. The molecule has 2 aromatic rings. The molecule has 2 rings (SSSR count). The molecule has 1 unspecified atom stereocenters. The van der Waals surface area contributed by atoms with Gasteiger partial charge in [0.15, 0.2) is 0 Å². The summed E-state index contributed by atoms with van der Waals surface area (Å²) in [7, 11) is 1.63. The third kappa shape index (κ3) is 5.85. The predicted octanol–water partition coefficient (Wildman–Crippen LogP) is 4.46. The summed E-state index contributed by atoms with van der Waals surface area (Å²) in [6, 6.07) is 15.8. The number of hydrogen-bond acceptors (Lipinski definition) is 3. The molecule has 0 aliphatic rings. The molecule has 26 heavy (non-hydrogen) atoms. The molecule has 5 heteroatoms. The van der Waals surface area contributed by atoms with Gasteiger partial charge in [-0.15, -0.1) is 0 Å². The monoisotopic (exact) mass is 419 g/mol. The van der Waals surface area contributed by atoms with Gasteiger partial charge < -0.3 is 14.8 Å². The third-order valence-corrected chi connectivity index (χ3v) is 4.86. The van der Waals surface area contributed by atoms with Crippen molar-refractivity contribution in [3.8, 4) is 5.75 Å². The largest absolute Gasteiger partial charge is 0.497 e. The van der Waals surface area contributed by atoms with Crippen molar-refractivity contribution in [2.45, 2.75) is 38.9 Å². The summed E-state index contributed by atoms with van der Waals surface area (Å²) >= 11 is 3.44. The first-order valence-electron chi connectivity index (χ1n) is 8.60. The molecule has 0 saturated carbocycles. The second kappa shape index (κ2) is 9.19. The first kappa shape index (κ1) is 20.5. The topological polar surface area (TPSA) is 47.6 Å². The molecular weight excluding hydrogens is 394 g/mol. The van der Waals surface area contributed by atoms with Gasteiger partial charge in [0.05, 0.1) is 13.7 Å². The van der Waals surface area contributed by atoms with Crippen LogP contribution in [0.1, 0.15) is 31.9 Å². The van der Waals surface area contributed by atoms with Gasteiger partial charge in [-0.05, 0) is 42.3 Å². The second-order valence-corrected chi connectivity index (χ2v) is 7.83. The van der Waals surface area contributed by atoms with E-state index in [2.05, 4.69) is 47.2 Å². The molecule has 0 aromatic heterocycles. The molecule has 140 valence electrons. The Kier molecular flexibility index (Phi) is 7.23. The molecular formula is C21H26BrNO3. The van der Waals surface area contributed by atoms with Crippen LogP contribution in [-0.4, -0.2) is 25.7 Å². The van der Waals surface area contributed by atoms with Gasteiger partial charge in [0.2, 0.25) is 5.91 Å². The summed E-state index contributed by atoms with van der Waals surface area (Å²) < 4.78 is 11.9. The number of carbonyl (C=O) groups is 1. The molecule has 0 aliphatic carbocycles. The van der Waals surface area contributed by atoms with E-state index in [1.807, 2.05) is 36.4 Å². The summed E-state index contributed by atoms with van der Waals surface area (Å²) in [5, 5.41) is 2.99. The molecule has 0 heterocycles. The molecule has 0 spiro atoms. The van der Waals surface area contributed by atoms with Crippen molar-refractivity contribution in [2.24, 2.45) is 0 Å². The van der Waals surface area contributed by atoms with Crippen molar-refractivity contribution < 1.29 is 14.3 Å². The third-order valence-electron chi connectivity index (χ3n) is 4.33. The lowest BCUT2D eigenvalue weighted by Gasteiger charge is -2.26. The molecule has 1 atom stereocenters. The molecule has 0 saturated heterocycles. The van der Waals surface area contributed by atoms with E-state index in [0.717, 1.165) is 15.8 Å². The number of methoxy groups -OCH3 is 1. The maximum Gasteiger partial charge on any atom is 0.248 e. The molecule has 0 aliphatic heterocycles. The van der Waals surface area contributed by atoms with Crippen LogP contribution in [0, 0.1) is 0 Å². The maximum atomic E-state index is 12.4. The van der Waals surface area contributed by atoms with Crippen LogP contribution >= 0.6 is 15.9 Å². The average molecular weight is 420 g/mol. The number of amides is 1. The quantitative estimate of drug-likeness (QED) is 0.686. The number of rotatable bonds is 8. The lowest BCUT2D eigenvalue weighted by atomic mass is 9.84. The van der Waals surface area contributed by atoms with E-state index >= 15 is 0 Å². The van der Waals surface area contributed by atoms with Crippen molar-refractivity contribution in [3.63, 3.8) is 0 Å². The summed E-state index contributed by atoms with van der Waals surface area (Å²) in [4.78, 5) is 12.4. The standard InChI is InChI=1S/C21H26BrNO3/c1-15(26-13-16-6-5-7-19(12-16)25-4)20(24)23-14-21(2,3)17-8-10-18(22)11-9-17/h5-12,15H,13-14H2,1-4H3,(H,23,24). The zero-order chi connectivity index (χ0) is 19.2. The van der Waals surface area contributed by atoms with E-state index in [9.17, 15) is 4.79 Å². The van der Waals surface area contributed by atoms with Gasteiger partial charge in [-0.3, -0.25) is 4.79 Å². The first-order chi connectivity index (χ1) is 12.3. The van der Waals surface area contributed by atoms with E-state index in [1.54, 1.807) is 14.0 Å². The Balaban J connectivity index is 1.85. The Morgan fingerprint density at radius 2 is 1.88 bits per heavy atom. The van der Waals surface area contributed by atoms with Crippen molar-refractivity contribution in [1.82, 2.24) is 5.32 Å². The predicted molar refractivity (Wildman–Crippen MR) is 107 cm³/mol. The smallest absolute Gasteiger partial charge is 0.248 e. The van der Waals surface area contributed by atoms with Gasteiger partial charge in [-0.2, -0.15) is 0 Å². The highest BCUT2D eigenvalue weighted by atomic mass is 79.9. The Bertz CT molecular complexity index is 728. The normalized spacial score (nSPS) is 12.5. The fourth-order valence-electron chi connectivity index (χ4n) is 2.51. The number of halogens is 1. The van der Waals surface area contributed by atoms with Crippen LogP contribution in [0.5, 0.6) is 5.75 Å². The fourth-order valence-corrected chi connectivity index (χ4v) is 2.78. The highest BCUT2D eigenvalue weighted by molar-refractivity contribution is 9.10. The number of carbonyl (C=O) groups excluding carboxylic acids is 1. The Hall–Kier alpha value is -1.85. The van der Waals surface area contributed by atoms with E-state index in [1.165, 1.54) is 5.56 Å².